The number of benzene rings is 1. The molecule has 0 spiro atoms. The van der Waals surface area contributed by atoms with Crippen molar-refractivity contribution < 1.29 is 23.1 Å². The average molecular weight is 329 g/mol. The summed E-state index contributed by atoms with van der Waals surface area (Å²) in [4.78, 5) is 24.5. The molecule has 6 nitrogen and oxygen atoms in total. The molecule has 1 aromatic carbocycles. The zero-order valence-electron chi connectivity index (χ0n) is 11.6. The summed E-state index contributed by atoms with van der Waals surface area (Å²) in [5.74, 6) is -0.404. The van der Waals surface area contributed by atoms with Crippen molar-refractivity contribution in [3.63, 3.8) is 0 Å². The molecule has 1 fully saturated rings. The maximum absolute atomic E-state index is 12.0. The second kappa shape index (κ2) is 5.69. The van der Waals surface area contributed by atoms with Gasteiger partial charge in [0.2, 0.25) is 5.91 Å². The van der Waals surface area contributed by atoms with Crippen LogP contribution >= 0.6 is 11.8 Å². The molecule has 1 atom stereocenters. The first kappa shape index (κ1) is 15.8. The van der Waals surface area contributed by atoms with Crippen LogP contribution in [-0.4, -0.2) is 42.6 Å². The number of carbonyl (C=O) groups is 2. The molecule has 2 rings (SSSR count). The van der Waals surface area contributed by atoms with E-state index in [1.165, 1.54) is 30.0 Å². The zero-order chi connectivity index (χ0) is 15.8. The highest BCUT2D eigenvalue weighted by molar-refractivity contribution is 8.14. The second-order valence-corrected chi connectivity index (χ2v) is 8.36. The molecule has 8 heteroatoms. The number of phenolic OH excluding ortho intramolecular Hbond substituents is 1. The standard InChI is InChI=1S/C13H15NO5S2/c1-8(15)20-9-5-13(17)14(7-9)11-6-10(21(2,18)19)3-4-12(11)16/h3-4,6,9,16H,5,7H2,1-2H3. The molecule has 1 heterocycles. The molecule has 0 saturated carbocycles. The second-order valence-electron chi connectivity index (χ2n) is 4.86. The van der Waals surface area contributed by atoms with Gasteiger partial charge in [-0.25, -0.2) is 8.42 Å². The summed E-state index contributed by atoms with van der Waals surface area (Å²) in [5.41, 5.74) is 0.162. The summed E-state index contributed by atoms with van der Waals surface area (Å²) in [6.45, 7) is 1.70. The van der Waals surface area contributed by atoms with Crippen LogP contribution in [0.5, 0.6) is 5.75 Å². The van der Waals surface area contributed by atoms with E-state index in [2.05, 4.69) is 0 Å². The highest BCUT2D eigenvalue weighted by atomic mass is 32.2. The van der Waals surface area contributed by atoms with Crippen LogP contribution < -0.4 is 4.90 Å². The maximum Gasteiger partial charge on any atom is 0.228 e. The van der Waals surface area contributed by atoms with Crippen LogP contribution in [0.25, 0.3) is 0 Å². The predicted molar refractivity (Wildman–Crippen MR) is 80.2 cm³/mol. The third kappa shape index (κ3) is 3.56. The maximum atomic E-state index is 12.0. The number of sulfone groups is 1. The molecule has 1 unspecified atom stereocenters. The molecule has 21 heavy (non-hydrogen) atoms. The summed E-state index contributed by atoms with van der Waals surface area (Å²) in [5, 5.41) is 9.62. The van der Waals surface area contributed by atoms with Crippen LogP contribution in [0.15, 0.2) is 23.1 Å². The number of amides is 1. The van der Waals surface area contributed by atoms with Crippen LogP contribution in [0.3, 0.4) is 0 Å². The van der Waals surface area contributed by atoms with Gasteiger partial charge in [0.25, 0.3) is 0 Å². The Hall–Kier alpha value is -1.54. The fourth-order valence-corrected chi connectivity index (χ4v) is 3.73. The largest absolute Gasteiger partial charge is 0.506 e. The first-order valence-corrected chi connectivity index (χ1v) is 8.96. The third-order valence-corrected chi connectivity index (χ3v) is 5.18. The molecule has 1 N–H and O–H groups in total. The lowest BCUT2D eigenvalue weighted by molar-refractivity contribution is -0.117. The molecule has 114 valence electrons. The molecule has 1 aliphatic heterocycles. The fraction of sp³-hybridized carbons (Fsp3) is 0.385. The lowest BCUT2D eigenvalue weighted by atomic mass is 10.2. The van der Waals surface area contributed by atoms with Gasteiger partial charge in [0.15, 0.2) is 15.0 Å². The van der Waals surface area contributed by atoms with Crippen molar-refractivity contribution in [1.29, 1.82) is 0 Å². The number of rotatable bonds is 3. The number of thioether (sulfide) groups is 1. The Kier molecular flexibility index (Phi) is 4.29. The Morgan fingerprint density at radius 3 is 2.67 bits per heavy atom. The minimum Gasteiger partial charge on any atom is -0.506 e. The van der Waals surface area contributed by atoms with Crippen molar-refractivity contribution in [2.24, 2.45) is 0 Å². The van der Waals surface area contributed by atoms with Gasteiger partial charge in [0.05, 0.1) is 10.6 Å². The minimum absolute atomic E-state index is 0.0331. The Balaban J connectivity index is 2.34. The number of hydrogen-bond donors (Lipinski definition) is 1. The normalized spacial score (nSPS) is 19.0. The molecule has 1 saturated heterocycles. The quantitative estimate of drug-likeness (QED) is 0.895. The van der Waals surface area contributed by atoms with Gasteiger partial charge in [-0.1, -0.05) is 11.8 Å². The molecular formula is C13H15NO5S2. The molecule has 0 bridgehead atoms. The zero-order valence-corrected chi connectivity index (χ0v) is 13.2. The van der Waals surface area contributed by atoms with Crippen LogP contribution in [0.4, 0.5) is 5.69 Å². The van der Waals surface area contributed by atoms with E-state index in [1.54, 1.807) is 0 Å². The minimum atomic E-state index is -3.43. The lowest BCUT2D eigenvalue weighted by Gasteiger charge is -2.18. The molecule has 0 aromatic heterocycles. The first-order chi connectivity index (χ1) is 9.68. The van der Waals surface area contributed by atoms with Gasteiger partial charge >= 0.3 is 0 Å². The van der Waals surface area contributed by atoms with Gasteiger partial charge in [-0.3, -0.25) is 9.59 Å². The predicted octanol–water partition coefficient (Wildman–Crippen LogP) is 1.18. The fourth-order valence-electron chi connectivity index (χ4n) is 2.17. The molecule has 1 amide bonds. The summed E-state index contributed by atoms with van der Waals surface area (Å²) in [6, 6.07) is 3.82. The van der Waals surface area contributed by atoms with Crippen molar-refractivity contribution in [3.05, 3.63) is 18.2 Å². The number of hydrogen-bond acceptors (Lipinski definition) is 6. The van der Waals surface area contributed by atoms with E-state index in [0.717, 1.165) is 18.0 Å². The smallest absolute Gasteiger partial charge is 0.228 e. The van der Waals surface area contributed by atoms with Crippen molar-refractivity contribution in [2.45, 2.75) is 23.5 Å². The van der Waals surface area contributed by atoms with Crippen LogP contribution in [0.1, 0.15) is 13.3 Å². The monoisotopic (exact) mass is 329 g/mol. The average Bonchev–Trinajstić information content (AvgIpc) is 2.68. The van der Waals surface area contributed by atoms with E-state index in [1.807, 2.05) is 0 Å². The van der Waals surface area contributed by atoms with E-state index >= 15 is 0 Å². The Morgan fingerprint density at radius 2 is 2.10 bits per heavy atom. The van der Waals surface area contributed by atoms with Gasteiger partial charge in [-0.05, 0) is 18.2 Å². The summed E-state index contributed by atoms with van der Waals surface area (Å²) >= 11 is 1.08. The van der Waals surface area contributed by atoms with Crippen LogP contribution in [0.2, 0.25) is 0 Å². The first-order valence-electron chi connectivity index (χ1n) is 6.19. The van der Waals surface area contributed by atoms with Crippen molar-refractivity contribution >= 4 is 38.3 Å². The molecule has 0 aliphatic carbocycles. The third-order valence-electron chi connectivity index (χ3n) is 3.09. The highest BCUT2D eigenvalue weighted by Crippen LogP contribution is 2.35. The Labute approximate surface area is 127 Å². The van der Waals surface area contributed by atoms with Crippen molar-refractivity contribution in [3.8, 4) is 5.75 Å². The van der Waals surface area contributed by atoms with Gasteiger partial charge < -0.3 is 10.0 Å². The number of anilines is 1. The van der Waals surface area contributed by atoms with E-state index in [-0.39, 0.29) is 45.6 Å². The van der Waals surface area contributed by atoms with Gasteiger partial charge in [-0.2, -0.15) is 0 Å². The topological polar surface area (TPSA) is 91.8 Å². The van der Waals surface area contributed by atoms with E-state index < -0.39 is 9.84 Å². The molecule has 1 aliphatic rings. The molecule has 1 aromatic rings. The van der Waals surface area contributed by atoms with Crippen molar-refractivity contribution in [1.82, 2.24) is 0 Å². The highest BCUT2D eigenvalue weighted by Gasteiger charge is 2.33. The summed E-state index contributed by atoms with van der Waals surface area (Å²) in [7, 11) is -3.43. The van der Waals surface area contributed by atoms with E-state index in [4.69, 9.17) is 0 Å². The number of aromatic hydroxyl groups is 1. The molecule has 0 radical (unpaired) electrons. The lowest BCUT2D eigenvalue weighted by Crippen LogP contribution is -2.25. The summed E-state index contributed by atoms with van der Waals surface area (Å²) < 4.78 is 23.1. The number of nitrogens with zero attached hydrogens (tertiary/aromatic N) is 1. The van der Waals surface area contributed by atoms with Crippen molar-refractivity contribution in [2.75, 3.05) is 17.7 Å². The van der Waals surface area contributed by atoms with Gasteiger partial charge in [0.1, 0.15) is 5.75 Å². The van der Waals surface area contributed by atoms with Gasteiger partial charge in [-0.15, -0.1) is 0 Å². The Bertz CT molecular complexity index is 699. The Morgan fingerprint density at radius 1 is 1.43 bits per heavy atom. The van der Waals surface area contributed by atoms with Crippen LogP contribution in [-0.2, 0) is 19.4 Å². The van der Waals surface area contributed by atoms with E-state index in [9.17, 15) is 23.1 Å². The van der Waals surface area contributed by atoms with Crippen LogP contribution in [0, 0.1) is 0 Å². The van der Waals surface area contributed by atoms with E-state index in [0.29, 0.717) is 0 Å². The number of phenols is 1. The molecular weight excluding hydrogens is 314 g/mol. The SMILES string of the molecule is CC(=O)SC1CC(=O)N(c2cc(S(C)(=O)=O)ccc2O)C1. The van der Waals surface area contributed by atoms with Gasteiger partial charge in [0, 0.05) is 31.4 Å². The number of carbonyl (C=O) groups excluding carboxylic acids is 2. The summed E-state index contributed by atoms with van der Waals surface area (Å²) in [6.07, 6.45) is 1.25.